The maximum atomic E-state index is 12.0. The van der Waals surface area contributed by atoms with Crippen LogP contribution in [-0.2, 0) is 16.0 Å². The van der Waals surface area contributed by atoms with Gasteiger partial charge in [0.1, 0.15) is 0 Å². The summed E-state index contributed by atoms with van der Waals surface area (Å²) >= 11 is 1.76. The molecule has 1 fully saturated rings. The Morgan fingerprint density at radius 2 is 2.12 bits per heavy atom. The van der Waals surface area contributed by atoms with Crippen LogP contribution in [0.2, 0.25) is 0 Å². The number of amides is 2. The summed E-state index contributed by atoms with van der Waals surface area (Å²) in [6, 6.07) is 8.61. The average molecular weight is 346 g/mol. The summed E-state index contributed by atoms with van der Waals surface area (Å²) in [5.74, 6) is 0.880. The predicted octanol–water partition coefficient (Wildman–Crippen LogP) is 2.93. The second kappa shape index (κ2) is 8.56. The first-order valence-electron chi connectivity index (χ1n) is 8.98. The van der Waals surface area contributed by atoms with Crippen molar-refractivity contribution in [3.8, 4) is 0 Å². The van der Waals surface area contributed by atoms with Crippen LogP contribution in [0.15, 0.2) is 24.3 Å². The number of carbonyl (C=O) groups excluding carboxylic acids is 2. The van der Waals surface area contributed by atoms with Crippen molar-refractivity contribution in [2.24, 2.45) is 0 Å². The molecule has 2 aliphatic rings. The molecule has 0 spiro atoms. The first kappa shape index (κ1) is 17.3. The Hall–Kier alpha value is -1.49. The van der Waals surface area contributed by atoms with Gasteiger partial charge in [-0.3, -0.25) is 9.59 Å². The Kier molecular flexibility index (Phi) is 6.18. The van der Waals surface area contributed by atoms with E-state index in [0.717, 1.165) is 38.8 Å². The van der Waals surface area contributed by atoms with E-state index in [1.165, 1.54) is 17.5 Å². The highest BCUT2D eigenvalue weighted by Crippen LogP contribution is 2.39. The highest BCUT2D eigenvalue weighted by Gasteiger charge is 2.21. The van der Waals surface area contributed by atoms with Gasteiger partial charge in [0.25, 0.3) is 0 Å². The minimum absolute atomic E-state index is 0.107. The number of benzene rings is 1. The van der Waals surface area contributed by atoms with Crippen LogP contribution in [0.1, 0.15) is 48.5 Å². The second-order valence-corrected chi connectivity index (χ2v) is 7.77. The van der Waals surface area contributed by atoms with Gasteiger partial charge >= 0.3 is 0 Å². The van der Waals surface area contributed by atoms with Crippen LogP contribution >= 0.6 is 11.8 Å². The van der Waals surface area contributed by atoms with Gasteiger partial charge in [0, 0.05) is 31.3 Å². The van der Waals surface area contributed by atoms with Crippen molar-refractivity contribution < 1.29 is 9.59 Å². The number of aryl methyl sites for hydroxylation is 1. The summed E-state index contributed by atoms with van der Waals surface area (Å²) < 4.78 is 0. The van der Waals surface area contributed by atoms with Crippen LogP contribution in [0, 0.1) is 0 Å². The Morgan fingerprint density at radius 3 is 2.96 bits per heavy atom. The maximum Gasteiger partial charge on any atom is 0.230 e. The van der Waals surface area contributed by atoms with Gasteiger partial charge in [0.2, 0.25) is 11.8 Å². The molecule has 1 heterocycles. The third kappa shape index (κ3) is 4.53. The molecule has 3 rings (SSSR count). The van der Waals surface area contributed by atoms with Crippen LogP contribution in [0.4, 0.5) is 0 Å². The van der Waals surface area contributed by atoms with Gasteiger partial charge in [-0.15, -0.1) is 11.8 Å². The highest BCUT2D eigenvalue weighted by atomic mass is 32.2. The summed E-state index contributed by atoms with van der Waals surface area (Å²) in [6.45, 7) is 2.30. The van der Waals surface area contributed by atoms with E-state index in [1.54, 1.807) is 11.8 Å². The molecule has 130 valence electrons. The molecule has 0 aromatic heterocycles. The third-order valence-electron chi connectivity index (χ3n) is 4.83. The topological polar surface area (TPSA) is 49.4 Å². The third-order valence-corrected chi connectivity index (χ3v) is 6.15. The smallest absolute Gasteiger partial charge is 0.230 e. The number of fused-ring (bicyclic) bond motifs is 1. The van der Waals surface area contributed by atoms with E-state index in [-0.39, 0.29) is 11.8 Å². The molecule has 2 amide bonds. The maximum absolute atomic E-state index is 12.0. The summed E-state index contributed by atoms with van der Waals surface area (Å²) in [6.07, 6.45) is 6.03. The molecule has 1 saturated heterocycles. The lowest BCUT2D eigenvalue weighted by atomic mass is 9.91. The Balaban J connectivity index is 1.35. The molecule has 0 bridgehead atoms. The zero-order valence-electron chi connectivity index (χ0n) is 14.1. The van der Waals surface area contributed by atoms with Gasteiger partial charge < -0.3 is 10.2 Å². The number of likely N-dealkylation sites (tertiary alicyclic amines) is 1. The van der Waals surface area contributed by atoms with Crippen molar-refractivity contribution in [1.82, 2.24) is 10.2 Å². The van der Waals surface area contributed by atoms with E-state index >= 15 is 0 Å². The predicted molar refractivity (Wildman–Crippen MR) is 98.0 cm³/mol. The molecule has 1 N–H and O–H groups in total. The Bertz CT molecular complexity index is 590. The zero-order chi connectivity index (χ0) is 16.8. The number of hydrogen-bond donors (Lipinski definition) is 1. The van der Waals surface area contributed by atoms with E-state index in [9.17, 15) is 9.59 Å². The fraction of sp³-hybridized carbons (Fsp3) is 0.579. The number of rotatable bonds is 7. The van der Waals surface area contributed by atoms with Crippen molar-refractivity contribution in [3.05, 3.63) is 35.4 Å². The van der Waals surface area contributed by atoms with Crippen molar-refractivity contribution >= 4 is 23.6 Å². The van der Waals surface area contributed by atoms with E-state index < -0.39 is 0 Å². The van der Waals surface area contributed by atoms with E-state index in [2.05, 4.69) is 29.6 Å². The molecule has 0 radical (unpaired) electrons. The molecule has 0 saturated carbocycles. The van der Waals surface area contributed by atoms with Gasteiger partial charge in [-0.1, -0.05) is 24.3 Å². The lowest BCUT2D eigenvalue weighted by Crippen LogP contribution is -2.31. The molecule has 1 atom stereocenters. The first-order valence-corrected chi connectivity index (χ1v) is 10.0. The van der Waals surface area contributed by atoms with Crippen molar-refractivity contribution in [1.29, 1.82) is 0 Å². The minimum Gasteiger partial charge on any atom is -0.355 e. The van der Waals surface area contributed by atoms with E-state index in [0.29, 0.717) is 24.0 Å². The lowest BCUT2D eigenvalue weighted by molar-refractivity contribution is -0.127. The van der Waals surface area contributed by atoms with Crippen molar-refractivity contribution in [2.45, 2.75) is 43.8 Å². The first-order chi connectivity index (χ1) is 11.7. The van der Waals surface area contributed by atoms with E-state index in [4.69, 9.17) is 0 Å². The summed E-state index contributed by atoms with van der Waals surface area (Å²) in [4.78, 5) is 25.5. The van der Waals surface area contributed by atoms with Crippen LogP contribution in [0.5, 0.6) is 0 Å². The van der Waals surface area contributed by atoms with Crippen molar-refractivity contribution in [2.75, 3.05) is 25.4 Å². The molecule has 1 aromatic carbocycles. The zero-order valence-corrected chi connectivity index (χ0v) is 14.9. The molecule has 5 heteroatoms. The fourth-order valence-corrected chi connectivity index (χ4v) is 4.75. The number of nitrogens with one attached hydrogen (secondary N) is 1. The average Bonchev–Trinajstić information content (AvgIpc) is 3.02. The molecule has 4 nitrogen and oxygen atoms in total. The molecule has 1 aliphatic carbocycles. The standard InChI is InChI=1S/C19H26N2O2S/c22-18(20-11-5-13-21-12-4-10-19(21)23)14-24-17-9-3-7-15-6-1-2-8-16(15)17/h1-2,6,8,17H,3-5,7,9-14H2,(H,20,22)/t17-/m0/s1. The largest absolute Gasteiger partial charge is 0.355 e. The quantitative estimate of drug-likeness (QED) is 0.772. The molecule has 1 aliphatic heterocycles. The Morgan fingerprint density at radius 1 is 1.25 bits per heavy atom. The number of thioether (sulfide) groups is 1. The van der Waals surface area contributed by atoms with Crippen LogP contribution < -0.4 is 5.32 Å². The normalized spacial score (nSPS) is 20.1. The van der Waals surface area contributed by atoms with Crippen LogP contribution in [-0.4, -0.2) is 42.1 Å². The number of carbonyl (C=O) groups is 2. The van der Waals surface area contributed by atoms with Crippen molar-refractivity contribution in [3.63, 3.8) is 0 Å². The van der Waals surface area contributed by atoms with E-state index in [1.807, 2.05) is 4.90 Å². The minimum atomic E-state index is 0.107. The Labute approximate surface area is 148 Å². The monoisotopic (exact) mass is 346 g/mol. The van der Waals surface area contributed by atoms with Gasteiger partial charge in [-0.25, -0.2) is 0 Å². The SMILES string of the molecule is O=C(CS[C@H]1CCCc2ccccc21)NCCCN1CCCC1=O. The van der Waals surface area contributed by atoms with Gasteiger partial charge in [-0.2, -0.15) is 0 Å². The van der Waals surface area contributed by atoms with Gasteiger partial charge in [-0.05, 0) is 43.2 Å². The van der Waals surface area contributed by atoms with Gasteiger partial charge in [0.15, 0.2) is 0 Å². The molecular formula is C19H26N2O2S. The van der Waals surface area contributed by atoms with Crippen LogP contribution in [0.25, 0.3) is 0 Å². The lowest BCUT2D eigenvalue weighted by Gasteiger charge is -2.24. The molecular weight excluding hydrogens is 320 g/mol. The number of hydrogen-bond acceptors (Lipinski definition) is 3. The highest BCUT2D eigenvalue weighted by molar-refractivity contribution is 8.00. The van der Waals surface area contributed by atoms with Gasteiger partial charge in [0.05, 0.1) is 5.75 Å². The molecule has 24 heavy (non-hydrogen) atoms. The second-order valence-electron chi connectivity index (χ2n) is 6.58. The summed E-state index contributed by atoms with van der Waals surface area (Å²) in [7, 11) is 0. The fourth-order valence-electron chi connectivity index (χ4n) is 3.55. The summed E-state index contributed by atoms with van der Waals surface area (Å²) in [5, 5.41) is 3.43. The molecule has 0 unspecified atom stereocenters. The molecule has 1 aromatic rings. The number of nitrogens with zero attached hydrogens (tertiary/aromatic N) is 1. The summed E-state index contributed by atoms with van der Waals surface area (Å²) in [5.41, 5.74) is 2.85. The van der Waals surface area contributed by atoms with Crippen LogP contribution in [0.3, 0.4) is 0 Å².